The Morgan fingerprint density at radius 1 is 0.500 bits per heavy atom. The molecule has 0 aromatic rings. The van der Waals surface area contributed by atoms with Crippen LogP contribution < -0.4 is 0 Å². The molecular weight excluding hydrogens is 312 g/mol. The van der Waals surface area contributed by atoms with Crippen molar-refractivity contribution in [2.75, 3.05) is 0 Å². The highest BCUT2D eigenvalue weighted by molar-refractivity contribution is 4.88. The first-order valence-electron chi connectivity index (χ1n) is 11.4. The van der Waals surface area contributed by atoms with E-state index >= 15 is 0 Å². The third-order valence-corrected chi connectivity index (χ3v) is 3.97. The molecule has 0 saturated heterocycles. The van der Waals surface area contributed by atoms with E-state index in [0.29, 0.717) is 0 Å². The maximum absolute atomic E-state index is 2.32. The number of allylic oxidation sites excluding steroid dienone is 8. The van der Waals surface area contributed by atoms with E-state index in [1.165, 1.54) is 89.9 Å². The lowest BCUT2D eigenvalue weighted by Gasteiger charge is -1.90. The molecule has 0 heterocycles. The zero-order valence-electron chi connectivity index (χ0n) is 18.5. The average Bonchev–Trinajstić information content (AvgIpc) is 3.25. The van der Waals surface area contributed by atoms with Gasteiger partial charge >= 0.3 is 0 Å². The van der Waals surface area contributed by atoms with Crippen LogP contribution in [0.1, 0.15) is 118 Å². The topological polar surface area (TPSA) is 0 Å². The minimum Gasteiger partial charge on any atom is -0.0885 e. The summed E-state index contributed by atoms with van der Waals surface area (Å²) in [6.07, 6.45) is 36.2. The number of hydrogen-bond acceptors (Lipinski definition) is 0. The van der Waals surface area contributed by atoms with Gasteiger partial charge in [0, 0.05) is 0 Å². The number of unbranched alkanes of at least 4 members (excludes halogenated alkanes) is 6. The van der Waals surface area contributed by atoms with Crippen LogP contribution in [0.15, 0.2) is 48.6 Å². The number of rotatable bonds is 12. The van der Waals surface area contributed by atoms with E-state index in [0.717, 1.165) is 0 Å². The smallest absolute Gasteiger partial charge is 0.0348 e. The first-order valence-corrected chi connectivity index (χ1v) is 11.4. The molecule has 0 amide bonds. The molecule has 0 aromatic carbocycles. The summed E-state index contributed by atoms with van der Waals surface area (Å²) < 4.78 is 0. The van der Waals surface area contributed by atoms with Crippen LogP contribution in [0.3, 0.4) is 0 Å². The fraction of sp³-hybridized carbons (Fsp3) is 0.692. The summed E-state index contributed by atoms with van der Waals surface area (Å²) in [5.74, 6) is 0. The molecule has 0 unspecified atom stereocenters. The van der Waals surface area contributed by atoms with Gasteiger partial charge in [0.05, 0.1) is 0 Å². The van der Waals surface area contributed by atoms with E-state index in [-0.39, 0.29) is 0 Å². The summed E-state index contributed by atoms with van der Waals surface area (Å²) in [5, 5.41) is 0. The van der Waals surface area contributed by atoms with Crippen LogP contribution >= 0.6 is 0 Å². The van der Waals surface area contributed by atoms with Crippen LogP contribution in [0.25, 0.3) is 0 Å². The van der Waals surface area contributed by atoms with Crippen molar-refractivity contribution in [3.8, 4) is 0 Å². The molecule has 0 saturated carbocycles. The fourth-order valence-corrected chi connectivity index (χ4v) is 2.32. The molecule has 1 rings (SSSR count). The molecule has 0 aliphatic heterocycles. The van der Waals surface area contributed by atoms with Gasteiger partial charge in [0.2, 0.25) is 0 Å². The van der Waals surface area contributed by atoms with Gasteiger partial charge in [-0.3, -0.25) is 0 Å². The molecule has 0 atom stereocenters. The van der Waals surface area contributed by atoms with E-state index in [1.54, 1.807) is 0 Å². The zero-order valence-corrected chi connectivity index (χ0v) is 18.5. The van der Waals surface area contributed by atoms with Crippen molar-refractivity contribution in [2.45, 2.75) is 118 Å². The van der Waals surface area contributed by atoms with E-state index in [4.69, 9.17) is 0 Å². The molecule has 0 aromatic heterocycles. The van der Waals surface area contributed by atoms with Crippen LogP contribution in [0.5, 0.6) is 0 Å². The summed E-state index contributed by atoms with van der Waals surface area (Å²) >= 11 is 0. The molecule has 0 nitrogen and oxygen atoms in total. The van der Waals surface area contributed by atoms with Gasteiger partial charge in [0.25, 0.3) is 0 Å². The predicted octanol–water partition coefficient (Wildman–Crippen LogP) is 9.74. The summed E-state index contributed by atoms with van der Waals surface area (Å²) in [4.78, 5) is 0. The Hall–Kier alpha value is -1.04. The molecule has 0 heteroatoms. The van der Waals surface area contributed by atoms with Gasteiger partial charge in [-0.15, -0.1) is 0 Å². The molecular formula is C26H48. The van der Waals surface area contributed by atoms with Crippen molar-refractivity contribution in [3.05, 3.63) is 48.6 Å². The second kappa shape index (κ2) is 28.8. The molecule has 0 radical (unpaired) electrons. The molecule has 0 spiro atoms. The van der Waals surface area contributed by atoms with Crippen molar-refractivity contribution in [2.24, 2.45) is 0 Å². The summed E-state index contributed by atoms with van der Waals surface area (Å²) in [6.45, 7) is 8.85. The highest BCUT2D eigenvalue weighted by atomic mass is 13.9. The molecule has 26 heavy (non-hydrogen) atoms. The minimum absolute atomic E-state index is 1.24. The lowest BCUT2D eigenvalue weighted by Crippen LogP contribution is -1.70. The molecule has 152 valence electrons. The van der Waals surface area contributed by atoms with E-state index in [1.807, 2.05) is 0 Å². The van der Waals surface area contributed by atoms with Crippen LogP contribution in [0.4, 0.5) is 0 Å². The SMILES string of the molecule is C1=CCCC1.CCC/C=C/CCC.CCC/C=C/CCC/C=C/CCC. The monoisotopic (exact) mass is 360 g/mol. The van der Waals surface area contributed by atoms with Gasteiger partial charge < -0.3 is 0 Å². The summed E-state index contributed by atoms with van der Waals surface area (Å²) in [7, 11) is 0. The van der Waals surface area contributed by atoms with E-state index in [2.05, 4.69) is 76.3 Å². The maximum Gasteiger partial charge on any atom is -0.0348 e. The Morgan fingerprint density at radius 2 is 0.808 bits per heavy atom. The Kier molecular flexibility index (Phi) is 30.1. The standard InChI is InChI=1S/C13H24.C8H16.C5H8/c1-3-5-7-9-11-13-12-10-8-6-4-2;1-3-5-7-8-6-4-2;1-2-4-5-3-1/h7-10H,3-6,11-13H2,1-2H3;7-8H,3-6H2,1-2H3;1-2H,3-5H2/b9-7+,10-8+;8-7+;. The van der Waals surface area contributed by atoms with Gasteiger partial charge in [-0.2, -0.15) is 0 Å². The quantitative estimate of drug-likeness (QED) is 0.240. The minimum atomic E-state index is 1.24. The third-order valence-electron chi connectivity index (χ3n) is 3.97. The van der Waals surface area contributed by atoms with Crippen molar-refractivity contribution in [1.29, 1.82) is 0 Å². The van der Waals surface area contributed by atoms with Gasteiger partial charge in [-0.25, -0.2) is 0 Å². The lowest BCUT2D eigenvalue weighted by atomic mass is 10.2. The average molecular weight is 361 g/mol. The third kappa shape index (κ3) is 30.8. The van der Waals surface area contributed by atoms with Crippen LogP contribution in [-0.4, -0.2) is 0 Å². The second-order valence-electron chi connectivity index (χ2n) is 6.90. The first-order chi connectivity index (χ1) is 12.8. The zero-order chi connectivity index (χ0) is 19.6. The second-order valence-corrected chi connectivity index (χ2v) is 6.90. The first kappa shape index (κ1) is 27.2. The van der Waals surface area contributed by atoms with Gasteiger partial charge in [-0.05, 0) is 64.2 Å². The lowest BCUT2D eigenvalue weighted by molar-refractivity contribution is 0.851. The molecule has 0 N–H and O–H groups in total. The Balaban J connectivity index is 0. The highest BCUT2D eigenvalue weighted by Gasteiger charge is 1.85. The van der Waals surface area contributed by atoms with Crippen LogP contribution in [0.2, 0.25) is 0 Å². The van der Waals surface area contributed by atoms with E-state index < -0.39 is 0 Å². The van der Waals surface area contributed by atoms with Crippen LogP contribution in [-0.2, 0) is 0 Å². The Bertz CT molecular complexity index is 300. The normalized spacial score (nSPS) is 13.2. The van der Waals surface area contributed by atoms with Gasteiger partial charge in [-0.1, -0.05) is 102 Å². The van der Waals surface area contributed by atoms with Crippen molar-refractivity contribution in [3.63, 3.8) is 0 Å². The largest absolute Gasteiger partial charge is 0.0885 e. The molecule has 0 bridgehead atoms. The molecule has 1 aliphatic carbocycles. The van der Waals surface area contributed by atoms with Crippen LogP contribution in [0, 0.1) is 0 Å². The molecule has 0 fully saturated rings. The summed E-state index contributed by atoms with van der Waals surface area (Å²) in [6, 6.07) is 0. The summed E-state index contributed by atoms with van der Waals surface area (Å²) in [5.41, 5.74) is 0. The van der Waals surface area contributed by atoms with Crippen molar-refractivity contribution in [1.82, 2.24) is 0 Å². The van der Waals surface area contributed by atoms with E-state index in [9.17, 15) is 0 Å². The Labute approximate surface area is 166 Å². The Morgan fingerprint density at radius 3 is 1.04 bits per heavy atom. The fourth-order valence-electron chi connectivity index (χ4n) is 2.32. The number of hydrogen-bond donors (Lipinski definition) is 0. The predicted molar refractivity (Wildman–Crippen MR) is 124 cm³/mol. The van der Waals surface area contributed by atoms with Crippen molar-refractivity contribution >= 4 is 0 Å². The van der Waals surface area contributed by atoms with Gasteiger partial charge in [0.15, 0.2) is 0 Å². The molecule has 1 aliphatic rings. The maximum atomic E-state index is 2.32. The highest BCUT2D eigenvalue weighted by Crippen LogP contribution is 2.05. The van der Waals surface area contributed by atoms with Gasteiger partial charge in [0.1, 0.15) is 0 Å². The van der Waals surface area contributed by atoms with Crippen molar-refractivity contribution < 1.29 is 0 Å².